The van der Waals surface area contributed by atoms with Gasteiger partial charge in [-0.1, -0.05) is 23.8 Å². The number of ether oxygens (including phenoxy) is 1. The third kappa shape index (κ3) is 3.38. The Morgan fingerprint density at radius 1 is 1.47 bits per heavy atom. The quantitative estimate of drug-likeness (QED) is 0.770. The SMILES string of the molecule is NC(=O)COc1ccc(C(N)=S)cc1Cl. The van der Waals surface area contributed by atoms with Gasteiger partial charge in [0.15, 0.2) is 6.61 Å². The molecule has 0 heterocycles. The van der Waals surface area contributed by atoms with Crippen LogP contribution in [0.15, 0.2) is 18.2 Å². The predicted molar refractivity (Wildman–Crippen MR) is 62.0 cm³/mol. The number of nitrogens with two attached hydrogens (primary N) is 2. The van der Waals surface area contributed by atoms with Crippen LogP contribution in [0, 0.1) is 0 Å². The Bertz CT molecular complexity index is 409. The summed E-state index contributed by atoms with van der Waals surface area (Å²) < 4.78 is 5.04. The van der Waals surface area contributed by atoms with Crippen molar-refractivity contribution in [3.05, 3.63) is 28.8 Å². The Morgan fingerprint density at radius 3 is 2.60 bits per heavy atom. The molecule has 0 aliphatic rings. The highest BCUT2D eigenvalue weighted by Gasteiger charge is 2.05. The lowest BCUT2D eigenvalue weighted by Gasteiger charge is -2.07. The molecule has 1 rings (SSSR count). The third-order valence-electron chi connectivity index (χ3n) is 1.59. The lowest BCUT2D eigenvalue weighted by Crippen LogP contribution is -2.20. The van der Waals surface area contributed by atoms with E-state index in [9.17, 15) is 4.79 Å². The van der Waals surface area contributed by atoms with Gasteiger partial charge in [-0.15, -0.1) is 0 Å². The van der Waals surface area contributed by atoms with Gasteiger partial charge in [-0.25, -0.2) is 0 Å². The molecule has 0 fully saturated rings. The number of halogens is 1. The van der Waals surface area contributed by atoms with Gasteiger partial charge in [0, 0.05) is 5.56 Å². The van der Waals surface area contributed by atoms with E-state index < -0.39 is 5.91 Å². The van der Waals surface area contributed by atoms with E-state index in [1.54, 1.807) is 18.2 Å². The van der Waals surface area contributed by atoms with Crippen LogP contribution in [0.3, 0.4) is 0 Å². The van der Waals surface area contributed by atoms with Crippen molar-refractivity contribution in [2.45, 2.75) is 0 Å². The second-order valence-corrected chi connectivity index (χ2v) is 3.61. The van der Waals surface area contributed by atoms with Crippen molar-refractivity contribution in [2.24, 2.45) is 11.5 Å². The Kier molecular flexibility index (Phi) is 3.88. The summed E-state index contributed by atoms with van der Waals surface area (Å²) in [6.45, 7) is -0.216. The van der Waals surface area contributed by atoms with E-state index >= 15 is 0 Å². The maximum absolute atomic E-state index is 10.5. The van der Waals surface area contributed by atoms with Gasteiger partial charge in [-0.2, -0.15) is 0 Å². The first-order chi connectivity index (χ1) is 7.00. The number of thiocarbonyl (C=S) groups is 1. The molecule has 0 unspecified atom stereocenters. The van der Waals surface area contributed by atoms with Gasteiger partial charge in [0.2, 0.25) is 0 Å². The first-order valence-corrected chi connectivity index (χ1v) is 4.80. The summed E-state index contributed by atoms with van der Waals surface area (Å²) >= 11 is 10.6. The number of amides is 1. The molecular formula is C9H9ClN2O2S. The fourth-order valence-electron chi connectivity index (χ4n) is 0.920. The number of benzene rings is 1. The third-order valence-corrected chi connectivity index (χ3v) is 2.12. The number of hydrogen-bond donors (Lipinski definition) is 2. The van der Waals surface area contributed by atoms with Crippen LogP contribution in [0.25, 0.3) is 0 Å². The summed E-state index contributed by atoms with van der Waals surface area (Å²) in [4.78, 5) is 10.7. The number of primary amides is 1. The Balaban J connectivity index is 2.83. The van der Waals surface area contributed by atoms with Gasteiger partial charge in [-0.05, 0) is 18.2 Å². The molecule has 4 N–H and O–H groups in total. The molecule has 4 nitrogen and oxygen atoms in total. The molecule has 0 bridgehead atoms. The minimum Gasteiger partial charge on any atom is -0.482 e. The zero-order valence-electron chi connectivity index (χ0n) is 7.70. The molecule has 1 aromatic rings. The molecule has 80 valence electrons. The van der Waals surface area contributed by atoms with Crippen LogP contribution >= 0.6 is 23.8 Å². The van der Waals surface area contributed by atoms with Crippen molar-refractivity contribution in [1.82, 2.24) is 0 Å². The minimum absolute atomic E-state index is 0.216. The van der Waals surface area contributed by atoms with Gasteiger partial charge in [0.05, 0.1) is 5.02 Å². The van der Waals surface area contributed by atoms with Crippen molar-refractivity contribution in [3.8, 4) is 5.75 Å². The van der Waals surface area contributed by atoms with Crippen molar-refractivity contribution < 1.29 is 9.53 Å². The number of hydrogen-bond acceptors (Lipinski definition) is 3. The molecular weight excluding hydrogens is 236 g/mol. The average Bonchev–Trinajstić information content (AvgIpc) is 2.15. The molecule has 0 radical (unpaired) electrons. The summed E-state index contributed by atoms with van der Waals surface area (Å²) in [5.41, 5.74) is 11.0. The van der Waals surface area contributed by atoms with Crippen molar-refractivity contribution in [3.63, 3.8) is 0 Å². The molecule has 0 aliphatic carbocycles. The van der Waals surface area contributed by atoms with Crippen molar-refractivity contribution >= 4 is 34.7 Å². The van der Waals surface area contributed by atoms with Crippen LogP contribution in [0.4, 0.5) is 0 Å². The highest BCUT2D eigenvalue weighted by Crippen LogP contribution is 2.25. The van der Waals surface area contributed by atoms with E-state index in [-0.39, 0.29) is 11.6 Å². The van der Waals surface area contributed by atoms with Crippen molar-refractivity contribution in [1.29, 1.82) is 0 Å². The second kappa shape index (κ2) is 4.95. The molecule has 1 amide bonds. The van der Waals surface area contributed by atoms with E-state index in [4.69, 9.17) is 40.0 Å². The molecule has 0 saturated carbocycles. The first-order valence-electron chi connectivity index (χ1n) is 4.01. The molecule has 0 aliphatic heterocycles. The molecule has 0 atom stereocenters. The average molecular weight is 245 g/mol. The smallest absolute Gasteiger partial charge is 0.255 e. The van der Waals surface area contributed by atoms with Crippen LogP contribution in [-0.2, 0) is 4.79 Å². The van der Waals surface area contributed by atoms with Crippen molar-refractivity contribution in [2.75, 3.05) is 6.61 Å². The van der Waals surface area contributed by atoms with Gasteiger partial charge >= 0.3 is 0 Å². The summed E-state index contributed by atoms with van der Waals surface area (Å²) in [5.74, 6) is -0.194. The topological polar surface area (TPSA) is 78.3 Å². The zero-order chi connectivity index (χ0) is 11.4. The van der Waals surface area contributed by atoms with Crippen LogP contribution in [0.2, 0.25) is 5.02 Å². The Labute approximate surface area is 97.1 Å². The molecule has 6 heteroatoms. The Morgan fingerprint density at radius 2 is 2.13 bits per heavy atom. The van der Waals surface area contributed by atoms with Gasteiger partial charge in [-0.3, -0.25) is 4.79 Å². The molecule has 15 heavy (non-hydrogen) atoms. The molecule has 0 spiro atoms. The fourth-order valence-corrected chi connectivity index (χ4v) is 1.28. The van der Waals surface area contributed by atoms with E-state index in [1.807, 2.05) is 0 Å². The monoisotopic (exact) mass is 244 g/mol. The predicted octanol–water partition coefficient (Wildman–Crippen LogP) is 0.838. The maximum Gasteiger partial charge on any atom is 0.255 e. The van der Waals surface area contributed by atoms with Crippen LogP contribution in [-0.4, -0.2) is 17.5 Å². The standard InChI is InChI=1S/C9H9ClN2O2S/c10-6-3-5(9(12)15)1-2-7(6)14-4-8(11)13/h1-3H,4H2,(H2,11,13)(H2,12,15). The Hall–Kier alpha value is -1.33. The minimum atomic E-state index is -0.565. The number of carbonyl (C=O) groups is 1. The molecule has 0 saturated heterocycles. The zero-order valence-corrected chi connectivity index (χ0v) is 9.27. The largest absolute Gasteiger partial charge is 0.482 e. The maximum atomic E-state index is 10.5. The highest BCUT2D eigenvalue weighted by atomic mass is 35.5. The first kappa shape index (κ1) is 11.7. The summed E-state index contributed by atoms with van der Waals surface area (Å²) in [6.07, 6.45) is 0. The van der Waals surface area contributed by atoms with E-state index in [0.717, 1.165) is 0 Å². The summed E-state index contributed by atoms with van der Waals surface area (Å²) in [7, 11) is 0. The van der Waals surface area contributed by atoms with Crippen LogP contribution in [0.5, 0.6) is 5.75 Å². The lowest BCUT2D eigenvalue weighted by molar-refractivity contribution is -0.119. The van der Waals surface area contributed by atoms with E-state index in [1.165, 1.54) is 0 Å². The normalized spacial score (nSPS) is 9.67. The van der Waals surface area contributed by atoms with Crippen LogP contribution in [0.1, 0.15) is 5.56 Å². The molecule has 1 aromatic carbocycles. The highest BCUT2D eigenvalue weighted by molar-refractivity contribution is 7.80. The van der Waals surface area contributed by atoms with Gasteiger partial charge in [0.1, 0.15) is 10.7 Å². The number of carbonyl (C=O) groups excluding carboxylic acids is 1. The fraction of sp³-hybridized carbons (Fsp3) is 0.111. The summed E-state index contributed by atoms with van der Waals surface area (Å²) in [5, 5.41) is 0.335. The van der Waals surface area contributed by atoms with Gasteiger partial charge < -0.3 is 16.2 Å². The number of rotatable bonds is 4. The van der Waals surface area contributed by atoms with E-state index in [0.29, 0.717) is 16.3 Å². The second-order valence-electron chi connectivity index (χ2n) is 2.76. The lowest BCUT2D eigenvalue weighted by atomic mass is 10.2. The van der Waals surface area contributed by atoms with Crippen LogP contribution < -0.4 is 16.2 Å². The molecule has 0 aromatic heterocycles. The summed E-state index contributed by atoms with van der Waals surface area (Å²) in [6, 6.07) is 4.81. The van der Waals surface area contributed by atoms with E-state index in [2.05, 4.69) is 0 Å². The van der Waals surface area contributed by atoms with Gasteiger partial charge in [0.25, 0.3) is 5.91 Å².